The number of nitrogens with zero attached hydrogens (tertiary/aromatic N) is 6. The molecule has 14 heteroatoms. The molecule has 4 rings (SSSR count). The number of carboxylic acids is 1. The van der Waals surface area contributed by atoms with Gasteiger partial charge in [-0.3, -0.25) is 0 Å². The predicted molar refractivity (Wildman–Crippen MR) is 125 cm³/mol. The Labute approximate surface area is 202 Å². The van der Waals surface area contributed by atoms with E-state index in [4.69, 9.17) is 21.0 Å². The summed E-state index contributed by atoms with van der Waals surface area (Å²) in [5.74, 6) is -3.24. The summed E-state index contributed by atoms with van der Waals surface area (Å²) in [5.41, 5.74) is 11.9. The van der Waals surface area contributed by atoms with E-state index in [0.717, 1.165) is 29.4 Å². The first kappa shape index (κ1) is 25.4. The summed E-state index contributed by atoms with van der Waals surface area (Å²) < 4.78 is 31.4. The lowest BCUT2D eigenvalue weighted by Crippen LogP contribution is -2.21. The van der Waals surface area contributed by atoms with Gasteiger partial charge in [-0.15, -0.1) is 16.4 Å². The fourth-order valence-corrected chi connectivity index (χ4v) is 3.66. The molecule has 0 spiro atoms. The van der Waals surface area contributed by atoms with Crippen molar-refractivity contribution in [2.24, 2.45) is 16.5 Å². The van der Waals surface area contributed by atoms with Crippen molar-refractivity contribution in [2.75, 3.05) is 0 Å². The number of aromatic carboxylic acids is 1. The summed E-state index contributed by atoms with van der Waals surface area (Å²) in [4.78, 5) is 23.6. The average molecular weight is 505 g/mol. The lowest BCUT2D eigenvalue weighted by Gasteiger charge is -2.04. The number of alkyl halides is 2. The molecule has 0 atom stereocenters. The van der Waals surface area contributed by atoms with Crippen molar-refractivity contribution in [3.8, 4) is 11.3 Å². The zero-order valence-electron chi connectivity index (χ0n) is 18.9. The van der Waals surface area contributed by atoms with Crippen LogP contribution in [0, 0.1) is 13.8 Å². The fraction of sp³-hybridized carbons (Fsp3) is 0.238. The van der Waals surface area contributed by atoms with Crippen LogP contribution in [0.25, 0.3) is 11.3 Å². The van der Waals surface area contributed by atoms with Gasteiger partial charge in [-0.05, 0) is 13.0 Å². The molecule has 4 aromatic rings. The van der Waals surface area contributed by atoms with Crippen LogP contribution in [0.5, 0.6) is 0 Å². The molecule has 3 aromatic heterocycles. The Morgan fingerprint density at radius 1 is 1.29 bits per heavy atom. The van der Waals surface area contributed by atoms with Gasteiger partial charge in [0.25, 0.3) is 5.92 Å². The number of guanidine groups is 1. The van der Waals surface area contributed by atoms with Crippen molar-refractivity contribution in [1.82, 2.24) is 25.0 Å². The smallest absolute Gasteiger partial charge is 0.358 e. The van der Waals surface area contributed by atoms with Gasteiger partial charge < -0.3 is 21.0 Å². The van der Waals surface area contributed by atoms with Crippen molar-refractivity contribution >= 4 is 29.1 Å². The van der Waals surface area contributed by atoms with E-state index in [1.54, 1.807) is 13.0 Å². The Morgan fingerprint density at radius 2 is 2.03 bits per heavy atom. The topological polar surface area (TPSA) is 171 Å². The van der Waals surface area contributed by atoms with Crippen molar-refractivity contribution in [2.45, 2.75) is 33.2 Å². The second-order valence-corrected chi connectivity index (χ2v) is 8.31. The quantitative estimate of drug-likeness (QED) is 0.263. The molecule has 11 nitrogen and oxygen atoms in total. The molecule has 0 radical (unpaired) electrons. The van der Waals surface area contributed by atoms with E-state index in [2.05, 4.69) is 25.2 Å². The number of halogens is 2. The largest absolute Gasteiger partial charge is 0.476 e. The molecule has 5 N–H and O–H groups in total. The van der Waals surface area contributed by atoms with Crippen LogP contribution >= 0.6 is 11.3 Å². The van der Waals surface area contributed by atoms with Crippen LogP contribution in [-0.2, 0) is 12.5 Å². The van der Waals surface area contributed by atoms with Gasteiger partial charge in [-0.1, -0.05) is 23.8 Å². The third kappa shape index (κ3) is 6.89. The number of hydrogen-bond donors (Lipinski definition) is 3. The number of aliphatic imine (C=N–C) groups is 1. The molecule has 1 aromatic carbocycles. The van der Waals surface area contributed by atoms with Crippen LogP contribution in [-0.4, -0.2) is 42.0 Å². The third-order valence-electron chi connectivity index (χ3n) is 4.26. The van der Waals surface area contributed by atoms with E-state index in [0.29, 0.717) is 16.7 Å². The maximum atomic E-state index is 13.0. The van der Waals surface area contributed by atoms with Gasteiger partial charge in [-0.25, -0.2) is 14.8 Å². The summed E-state index contributed by atoms with van der Waals surface area (Å²) in [6.07, 6.45) is 1.36. The third-order valence-corrected chi connectivity index (χ3v) is 5.10. The number of carboxylic acid groups (broad SMARTS) is 1. The maximum absolute atomic E-state index is 13.0. The van der Waals surface area contributed by atoms with Crippen molar-refractivity contribution in [3.05, 3.63) is 63.7 Å². The van der Waals surface area contributed by atoms with Gasteiger partial charge in [0.15, 0.2) is 29.1 Å². The number of carbonyl (C=O) groups is 1. The highest BCUT2D eigenvalue weighted by Crippen LogP contribution is 2.28. The van der Waals surface area contributed by atoms with Crippen molar-refractivity contribution in [3.63, 3.8) is 0 Å². The minimum absolute atomic E-state index is 0.0388. The first-order valence-corrected chi connectivity index (χ1v) is 10.9. The Hall–Kier alpha value is -4.20. The minimum Gasteiger partial charge on any atom is -0.476 e. The highest BCUT2D eigenvalue weighted by molar-refractivity contribution is 7.09. The van der Waals surface area contributed by atoms with Crippen molar-refractivity contribution in [1.29, 1.82) is 0 Å². The van der Waals surface area contributed by atoms with E-state index in [1.165, 1.54) is 16.4 Å². The number of aromatic nitrogens is 5. The van der Waals surface area contributed by atoms with Crippen molar-refractivity contribution < 1.29 is 23.1 Å². The number of thiazole rings is 1. The second kappa shape index (κ2) is 10.4. The number of benzene rings is 1. The lowest BCUT2D eigenvalue weighted by atomic mass is 10.1. The van der Waals surface area contributed by atoms with Crippen LogP contribution in [0.4, 0.5) is 14.6 Å². The molecule has 184 valence electrons. The molecule has 35 heavy (non-hydrogen) atoms. The first-order valence-electron chi connectivity index (χ1n) is 10.0. The Kier molecular flexibility index (Phi) is 7.54. The molecule has 0 saturated carbocycles. The van der Waals surface area contributed by atoms with Gasteiger partial charge in [0.2, 0.25) is 0 Å². The molecule has 0 bridgehead atoms. The monoisotopic (exact) mass is 504 g/mol. The molecule has 0 saturated heterocycles. The van der Waals surface area contributed by atoms with Crippen LogP contribution in [0.15, 0.2) is 45.3 Å². The van der Waals surface area contributed by atoms with Gasteiger partial charge >= 0.3 is 5.97 Å². The van der Waals surface area contributed by atoms with Gasteiger partial charge in [0, 0.05) is 24.8 Å². The molecular weight excluding hydrogens is 482 g/mol. The Bertz CT molecular complexity index is 1350. The van der Waals surface area contributed by atoms with Crippen LogP contribution < -0.4 is 11.5 Å². The first-order chi connectivity index (χ1) is 16.4. The highest BCUT2D eigenvalue weighted by Gasteiger charge is 2.27. The SMILES string of the molecule is CC(F)(F)c1csc(Cn2ncc(N=C(N)N)n2)n1.Cc1cccc(-c2oc(C)nc2C(=O)O)c1. The predicted octanol–water partition coefficient (Wildman–Crippen LogP) is 3.46. The number of oxazole rings is 1. The summed E-state index contributed by atoms with van der Waals surface area (Å²) in [7, 11) is 0. The molecule has 0 aliphatic heterocycles. The molecular formula is C21H22F2N8O3S. The molecule has 0 unspecified atom stereocenters. The second-order valence-electron chi connectivity index (χ2n) is 7.37. The van der Waals surface area contributed by atoms with Crippen LogP contribution in [0.1, 0.15) is 39.6 Å². The summed E-state index contributed by atoms with van der Waals surface area (Å²) in [5, 5.41) is 18.6. The lowest BCUT2D eigenvalue weighted by molar-refractivity contribution is 0.0132. The van der Waals surface area contributed by atoms with Gasteiger partial charge in [-0.2, -0.15) is 23.7 Å². The normalized spacial score (nSPS) is 11.0. The molecule has 0 amide bonds. The number of nitrogens with two attached hydrogens (primary N) is 2. The minimum atomic E-state index is -2.95. The van der Waals surface area contributed by atoms with E-state index in [1.807, 2.05) is 25.1 Å². The Balaban J connectivity index is 0.000000198. The van der Waals surface area contributed by atoms with E-state index < -0.39 is 11.9 Å². The van der Waals surface area contributed by atoms with Crippen LogP contribution in [0.2, 0.25) is 0 Å². The maximum Gasteiger partial charge on any atom is 0.358 e. The van der Waals surface area contributed by atoms with E-state index in [-0.39, 0.29) is 29.7 Å². The van der Waals surface area contributed by atoms with E-state index >= 15 is 0 Å². The highest BCUT2D eigenvalue weighted by atomic mass is 32.1. The number of aryl methyl sites for hydroxylation is 2. The number of hydrogen-bond acceptors (Lipinski definition) is 8. The Morgan fingerprint density at radius 3 is 2.63 bits per heavy atom. The van der Waals surface area contributed by atoms with Gasteiger partial charge in [0.1, 0.15) is 17.2 Å². The standard InChI is InChI=1S/C12H11NO3.C9H11F2N7S/c1-7-4-3-5-9(6-7)11-10(12(14)15)13-8(2)16-11;1-9(10,11)5-4-19-7(15-5)3-18-14-2-6(17-18)16-8(12)13/h3-6H,1-2H3,(H,14,15);2,4H,3H2,1H3,(H4,12,13,16,17). The molecule has 0 aliphatic rings. The molecule has 3 heterocycles. The van der Waals surface area contributed by atoms with Crippen LogP contribution in [0.3, 0.4) is 0 Å². The summed E-state index contributed by atoms with van der Waals surface area (Å²) in [6, 6.07) is 7.47. The molecule has 0 aliphatic carbocycles. The zero-order chi connectivity index (χ0) is 25.8. The molecule has 0 fully saturated rings. The van der Waals surface area contributed by atoms with Gasteiger partial charge in [0.05, 0.1) is 6.20 Å². The average Bonchev–Trinajstić information content (AvgIpc) is 3.48. The zero-order valence-corrected chi connectivity index (χ0v) is 19.8. The number of rotatable bonds is 6. The van der Waals surface area contributed by atoms with E-state index in [9.17, 15) is 13.6 Å². The summed E-state index contributed by atoms with van der Waals surface area (Å²) in [6.45, 7) is 4.55. The summed E-state index contributed by atoms with van der Waals surface area (Å²) >= 11 is 1.12. The fourth-order valence-electron chi connectivity index (χ4n) is 2.81.